The first-order valence-electron chi connectivity index (χ1n) is 5.89. The Morgan fingerprint density at radius 3 is 2.61 bits per heavy atom. The molecule has 0 unspecified atom stereocenters. The minimum atomic E-state index is -0.402. The molecule has 0 fully saturated rings. The number of nitro groups is 1. The molecular weight excluding hydrogens is 230 g/mol. The van der Waals surface area contributed by atoms with Gasteiger partial charge in [0.05, 0.1) is 16.1 Å². The lowest BCUT2D eigenvalue weighted by atomic mass is 10.2. The largest absolute Gasteiger partial charge is 0.314 e. The van der Waals surface area contributed by atoms with Gasteiger partial charge in [0.15, 0.2) is 0 Å². The van der Waals surface area contributed by atoms with Crippen LogP contribution in [0.25, 0.3) is 10.9 Å². The Morgan fingerprint density at radius 2 is 2.00 bits per heavy atom. The third-order valence-electron chi connectivity index (χ3n) is 2.30. The molecule has 0 radical (unpaired) electrons. The maximum absolute atomic E-state index is 10.6. The highest BCUT2D eigenvalue weighted by atomic mass is 16.6. The number of fused-ring (bicyclic) bond motifs is 1. The van der Waals surface area contributed by atoms with Crippen LogP contribution in [0.3, 0.4) is 0 Å². The molecule has 18 heavy (non-hydrogen) atoms. The average Bonchev–Trinajstić information content (AvgIpc) is 2.40. The van der Waals surface area contributed by atoms with Crippen LogP contribution in [0.5, 0.6) is 0 Å². The Kier molecular flexibility index (Phi) is 5.20. The first-order valence-corrected chi connectivity index (χ1v) is 5.89. The summed E-state index contributed by atoms with van der Waals surface area (Å²) in [6.45, 7) is 4.69. The summed E-state index contributed by atoms with van der Waals surface area (Å²) in [6.07, 6.45) is 0. The van der Waals surface area contributed by atoms with E-state index in [1.807, 2.05) is 33.0 Å². The van der Waals surface area contributed by atoms with E-state index in [1.54, 1.807) is 6.07 Å². The van der Waals surface area contributed by atoms with E-state index in [9.17, 15) is 10.1 Å². The molecule has 1 aromatic carbocycles. The molecule has 1 N–H and O–H groups in total. The number of nitrogens with zero attached hydrogens (tertiary/aromatic N) is 2. The Balaban J connectivity index is 0.000000771. The smallest absolute Gasteiger partial charge is 0.270 e. The number of rotatable bonds is 3. The van der Waals surface area contributed by atoms with Gasteiger partial charge in [-0.3, -0.25) is 15.1 Å². The number of pyridine rings is 1. The van der Waals surface area contributed by atoms with Gasteiger partial charge in [-0.1, -0.05) is 19.9 Å². The second kappa shape index (κ2) is 6.66. The van der Waals surface area contributed by atoms with Gasteiger partial charge in [0.1, 0.15) is 0 Å². The summed E-state index contributed by atoms with van der Waals surface area (Å²) in [5.41, 5.74) is 1.79. The molecule has 0 aliphatic heterocycles. The summed E-state index contributed by atoms with van der Waals surface area (Å²) < 4.78 is 0. The van der Waals surface area contributed by atoms with Gasteiger partial charge in [0.2, 0.25) is 0 Å². The van der Waals surface area contributed by atoms with E-state index < -0.39 is 4.92 Å². The normalized spacial score (nSPS) is 9.72. The first-order chi connectivity index (χ1) is 8.70. The maximum Gasteiger partial charge on any atom is 0.270 e. The third-order valence-corrected chi connectivity index (χ3v) is 2.30. The van der Waals surface area contributed by atoms with Crippen molar-refractivity contribution < 1.29 is 4.92 Å². The summed E-state index contributed by atoms with van der Waals surface area (Å²) in [5, 5.41) is 14.4. The molecule has 96 valence electrons. The van der Waals surface area contributed by atoms with Crippen molar-refractivity contribution in [2.24, 2.45) is 0 Å². The van der Waals surface area contributed by atoms with Crippen molar-refractivity contribution in [1.82, 2.24) is 10.3 Å². The lowest BCUT2D eigenvalue weighted by molar-refractivity contribution is -0.384. The van der Waals surface area contributed by atoms with Crippen LogP contribution in [0.15, 0.2) is 30.3 Å². The number of nitro benzene ring substituents is 1. The van der Waals surface area contributed by atoms with Crippen LogP contribution in [-0.2, 0) is 6.54 Å². The highest BCUT2D eigenvalue weighted by Crippen LogP contribution is 2.19. The minimum Gasteiger partial charge on any atom is -0.314 e. The predicted molar refractivity (Wildman–Crippen MR) is 72.5 cm³/mol. The third kappa shape index (κ3) is 3.24. The van der Waals surface area contributed by atoms with Crippen molar-refractivity contribution in [2.45, 2.75) is 20.4 Å². The summed E-state index contributed by atoms with van der Waals surface area (Å²) in [5.74, 6) is 0. The molecule has 2 aromatic rings. The molecule has 5 heteroatoms. The molecular formula is C13H17N3O2. The highest BCUT2D eigenvalue weighted by Gasteiger charge is 2.06. The fourth-order valence-corrected chi connectivity index (χ4v) is 1.55. The zero-order chi connectivity index (χ0) is 13.5. The van der Waals surface area contributed by atoms with Gasteiger partial charge in [0.25, 0.3) is 5.69 Å². The Labute approximate surface area is 106 Å². The Morgan fingerprint density at radius 1 is 1.28 bits per heavy atom. The summed E-state index contributed by atoms with van der Waals surface area (Å²) in [4.78, 5) is 14.6. The molecule has 0 saturated carbocycles. The van der Waals surface area contributed by atoms with Crippen molar-refractivity contribution in [3.8, 4) is 0 Å². The fraction of sp³-hybridized carbons (Fsp3) is 0.308. The van der Waals surface area contributed by atoms with Crippen LogP contribution < -0.4 is 5.32 Å². The quantitative estimate of drug-likeness (QED) is 0.669. The van der Waals surface area contributed by atoms with Gasteiger partial charge in [-0.05, 0) is 19.2 Å². The van der Waals surface area contributed by atoms with Gasteiger partial charge in [-0.2, -0.15) is 0 Å². The van der Waals surface area contributed by atoms with Gasteiger partial charge < -0.3 is 5.32 Å². The lowest BCUT2D eigenvalue weighted by Crippen LogP contribution is -2.06. The molecule has 0 bridgehead atoms. The number of hydrogen-bond donors (Lipinski definition) is 1. The standard InChI is InChI=1S/C11H11N3O2.C2H6/c1-12-7-9-3-2-8-6-10(14(15)16)4-5-11(8)13-9;1-2/h2-6,12H,7H2,1H3;1-2H3. The Hall–Kier alpha value is -2.01. The molecule has 0 saturated heterocycles. The summed E-state index contributed by atoms with van der Waals surface area (Å²) >= 11 is 0. The maximum atomic E-state index is 10.6. The zero-order valence-corrected chi connectivity index (χ0v) is 10.8. The fourth-order valence-electron chi connectivity index (χ4n) is 1.55. The Bertz CT molecular complexity index is 541. The molecule has 0 aliphatic carbocycles. The van der Waals surface area contributed by atoms with Crippen molar-refractivity contribution in [3.05, 3.63) is 46.1 Å². The van der Waals surface area contributed by atoms with Crippen LogP contribution in [0.2, 0.25) is 0 Å². The molecule has 0 spiro atoms. The summed E-state index contributed by atoms with van der Waals surface area (Å²) in [6, 6.07) is 8.39. The predicted octanol–water partition coefficient (Wildman–Crippen LogP) is 2.89. The molecule has 0 amide bonds. The van der Waals surface area contributed by atoms with Gasteiger partial charge in [0, 0.05) is 24.1 Å². The van der Waals surface area contributed by atoms with Crippen LogP contribution in [0.1, 0.15) is 19.5 Å². The van der Waals surface area contributed by atoms with E-state index in [-0.39, 0.29) is 5.69 Å². The van der Waals surface area contributed by atoms with Crippen LogP contribution >= 0.6 is 0 Å². The second-order valence-corrected chi connectivity index (χ2v) is 3.47. The highest BCUT2D eigenvalue weighted by molar-refractivity contribution is 5.81. The molecule has 5 nitrogen and oxygen atoms in total. The van der Waals surface area contributed by atoms with E-state index >= 15 is 0 Å². The monoisotopic (exact) mass is 247 g/mol. The minimum absolute atomic E-state index is 0.0932. The number of non-ortho nitro benzene ring substituents is 1. The van der Waals surface area contributed by atoms with Crippen molar-refractivity contribution in [3.63, 3.8) is 0 Å². The number of nitrogens with one attached hydrogen (secondary N) is 1. The average molecular weight is 247 g/mol. The topological polar surface area (TPSA) is 68.1 Å². The van der Waals surface area contributed by atoms with E-state index in [0.29, 0.717) is 6.54 Å². The van der Waals surface area contributed by atoms with E-state index in [1.165, 1.54) is 12.1 Å². The van der Waals surface area contributed by atoms with Gasteiger partial charge in [-0.25, -0.2) is 0 Å². The second-order valence-electron chi connectivity index (χ2n) is 3.47. The van der Waals surface area contributed by atoms with Gasteiger partial charge >= 0.3 is 0 Å². The van der Waals surface area contributed by atoms with Crippen LogP contribution in [-0.4, -0.2) is 17.0 Å². The lowest BCUT2D eigenvalue weighted by Gasteiger charge is -2.01. The zero-order valence-electron chi connectivity index (χ0n) is 10.8. The first kappa shape index (κ1) is 14.1. The molecule has 2 rings (SSSR count). The van der Waals surface area contributed by atoms with E-state index in [4.69, 9.17) is 0 Å². The summed E-state index contributed by atoms with van der Waals surface area (Å²) in [7, 11) is 1.85. The van der Waals surface area contributed by atoms with Crippen LogP contribution in [0, 0.1) is 10.1 Å². The molecule has 1 heterocycles. The van der Waals surface area contributed by atoms with Crippen molar-refractivity contribution in [1.29, 1.82) is 0 Å². The van der Waals surface area contributed by atoms with E-state index in [2.05, 4.69) is 10.3 Å². The number of aromatic nitrogens is 1. The van der Waals surface area contributed by atoms with Crippen molar-refractivity contribution in [2.75, 3.05) is 7.05 Å². The SMILES string of the molecule is CC.CNCc1ccc2cc([N+](=O)[O-])ccc2n1. The molecule has 0 aliphatic rings. The van der Waals surface area contributed by atoms with Crippen LogP contribution in [0.4, 0.5) is 5.69 Å². The van der Waals surface area contributed by atoms with Gasteiger partial charge in [-0.15, -0.1) is 0 Å². The molecule has 1 aromatic heterocycles. The van der Waals surface area contributed by atoms with E-state index in [0.717, 1.165) is 16.6 Å². The van der Waals surface area contributed by atoms with Crippen molar-refractivity contribution >= 4 is 16.6 Å². The molecule has 0 atom stereocenters. The number of hydrogen-bond acceptors (Lipinski definition) is 4. The number of benzene rings is 1.